The lowest BCUT2D eigenvalue weighted by Gasteiger charge is -2.33. The second kappa shape index (κ2) is 6.89. The van der Waals surface area contributed by atoms with Crippen molar-refractivity contribution in [3.8, 4) is 28.7 Å². The highest BCUT2D eigenvalue weighted by atomic mass is 79.9. The summed E-state index contributed by atoms with van der Waals surface area (Å²) in [6.07, 6.45) is 0.481. The van der Waals surface area contributed by atoms with Gasteiger partial charge in [0.2, 0.25) is 5.91 Å². The number of phenolic OH excluding ortho intramolecular Hbond substituents is 4. The Hall–Kier alpha value is -2.95. The van der Waals surface area contributed by atoms with Crippen molar-refractivity contribution < 1.29 is 40.3 Å². The number of fused-ring (bicyclic) bond motifs is 1. The third-order valence-electron chi connectivity index (χ3n) is 4.20. The number of aromatic hydroxyl groups is 4. The molecule has 0 saturated heterocycles. The summed E-state index contributed by atoms with van der Waals surface area (Å²) < 4.78 is 5.79. The van der Waals surface area contributed by atoms with E-state index in [-0.39, 0.29) is 32.9 Å². The van der Waals surface area contributed by atoms with Gasteiger partial charge in [0.15, 0.2) is 11.5 Å². The molecule has 1 aliphatic rings. The van der Waals surface area contributed by atoms with Crippen LogP contribution in [0.3, 0.4) is 0 Å². The van der Waals surface area contributed by atoms with Gasteiger partial charge in [-0.05, 0) is 34.1 Å². The fourth-order valence-electron chi connectivity index (χ4n) is 2.89. The fourth-order valence-corrected chi connectivity index (χ4v) is 3.34. The Kier molecular flexibility index (Phi) is 4.88. The summed E-state index contributed by atoms with van der Waals surface area (Å²) in [7, 11) is 1.09. The van der Waals surface area contributed by atoms with Gasteiger partial charge < -0.3 is 30.3 Å². The molecular formula is C18H16BrNO8. The van der Waals surface area contributed by atoms with E-state index in [2.05, 4.69) is 15.9 Å². The van der Waals surface area contributed by atoms with Gasteiger partial charge in [0.05, 0.1) is 16.5 Å². The van der Waals surface area contributed by atoms with Crippen molar-refractivity contribution in [2.45, 2.75) is 12.0 Å². The molecule has 1 atom stereocenters. The molecule has 0 aromatic heterocycles. The topological polar surface area (TPSA) is 151 Å². The van der Waals surface area contributed by atoms with Crippen LogP contribution in [0, 0.1) is 0 Å². The molecular weight excluding hydrogens is 438 g/mol. The Morgan fingerprint density at radius 2 is 1.82 bits per heavy atom. The molecule has 1 heterocycles. The van der Waals surface area contributed by atoms with Gasteiger partial charge in [0.25, 0.3) is 0 Å². The maximum Gasteiger partial charge on any atom is 0.249 e. The molecule has 10 heteroatoms. The van der Waals surface area contributed by atoms with Gasteiger partial charge in [-0.25, -0.2) is 5.06 Å². The monoisotopic (exact) mass is 453 g/mol. The number of nitrogens with zero attached hydrogens (tertiary/aromatic N) is 1. The molecule has 9 nitrogen and oxygen atoms in total. The third-order valence-corrected chi connectivity index (χ3v) is 4.80. The zero-order valence-electron chi connectivity index (χ0n) is 14.4. The average Bonchev–Trinajstić information content (AvgIpc) is 2.57. The molecule has 0 bridgehead atoms. The van der Waals surface area contributed by atoms with Crippen LogP contribution in [-0.4, -0.2) is 48.8 Å². The number of hydroxylamine groups is 2. The molecule has 0 fully saturated rings. The SMILES string of the molecule is CN(O)C(=O)CC1(O)C=C(c2cc(O)c(O)c(Br)c2)Oc2cc(O)cc(O)c21. The number of phenols is 4. The van der Waals surface area contributed by atoms with Crippen LogP contribution in [0.5, 0.6) is 28.7 Å². The van der Waals surface area contributed by atoms with Crippen molar-refractivity contribution in [3.05, 3.63) is 45.9 Å². The van der Waals surface area contributed by atoms with E-state index < -0.39 is 35.2 Å². The number of aliphatic hydroxyl groups is 1. The zero-order chi connectivity index (χ0) is 20.8. The Labute approximate surface area is 167 Å². The molecule has 1 aliphatic heterocycles. The van der Waals surface area contributed by atoms with E-state index in [9.17, 15) is 35.5 Å². The van der Waals surface area contributed by atoms with Gasteiger partial charge in [-0.1, -0.05) is 0 Å². The molecule has 1 unspecified atom stereocenters. The summed E-state index contributed by atoms with van der Waals surface area (Å²) in [5.41, 5.74) is -2.06. The standard InChI is InChI=1S/C18H16BrNO8/c1-20(27)15(24)7-18(26)6-14(8-2-10(19)17(25)12(23)3-8)28-13-5-9(21)4-11(22)16(13)18/h2-6,21-23,25-27H,7H2,1H3. The summed E-state index contributed by atoms with van der Waals surface area (Å²) in [6, 6.07) is 4.67. The average molecular weight is 454 g/mol. The molecule has 28 heavy (non-hydrogen) atoms. The van der Waals surface area contributed by atoms with E-state index in [1.165, 1.54) is 12.1 Å². The Bertz CT molecular complexity index is 980. The molecule has 0 radical (unpaired) electrons. The minimum atomic E-state index is -2.10. The number of ether oxygens (including phenoxy) is 1. The number of benzene rings is 2. The van der Waals surface area contributed by atoms with Gasteiger partial charge in [-0.2, -0.15) is 0 Å². The first kappa shape index (κ1) is 19.8. The van der Waals surface area contributed by atoms with Crippen LogP contribution in [-0.2, 0) is 10.4 Å². The van der Waals surface area contributed by atoms with Gasteiger partial charge in [0, 0.05) is 24.7 Å². The van der Waals surface area contributed by atoms with Crippen LogP contribution in [0.15, 0.2) is 34.8 Å². The number of amides is 1. The van der Waals surface area contributed by atoms with Crippen LogP contribution >= 0.6 is 15.9 Å². The van der Waals surface area contributed by atoms with E-state index in [1.807, 2.05) is 0 Å². The van der Waals surface area contributed by atoms with Crippen LogP contribution < -0.4 is 4.74 Å². The Morgan fingerprint density at radius 1 is 1.14 bits per heavy atom. The maximum atomic E-state index is 12.0. The van der Waals surface area contributed by atoms with Gasteiger partial charge >= 0.3 is 0 Å². The van der Waals surface area contributed by atoms with E-state index in [4.69, 9.17) is 4.74 Å². The fraction of sp³-hybridized carbons (Fsp3) is 0.167. The first-order valence-corrected chi connectivity index (χ1v) is 8.68. The van der Waals surface area contributed by atoms with Crippen LogP contribution in [0.25, 0.3) is 5.76 Å². The second-order valence-electron chi connectivity index (χ2n) is 6.29. The lowest BCUT2D eigenvalue weighted by Crippen LogP contribution is -2.35. The molecule has 1 amide bonds. The predicted molar refractivity (Wildman–Crippen MR) is 98.9 cm³/mol. The van der Waals surface area contributed by atoms with Crippen LogP contribution in [0.2, 0.25) is 0 Å². The smallest absolute Gasteiger partial charge is 0.249 e. The molecule has 3 rings (SSSR count). The molecule has 2 aromatic rings. The molecule has 0 spiro atoms. The highest BCUT2D eigenvalue weighted by molar-refractivity contribution is 9.10. The van der Waals surface area contributed by atoms with Crippen LogP contribution in [0.1, 0.15) is 17.5 Å². The Balaban J connectivity index is 2.19. The summed E-state index contributed by atoms with van der Waals surface area (Å²) in [4.78, 5) is 12.0. The lowest BCUT2D eigenvalue weighted by atomic mass is 9.85. The molecule has 148 valence electrons. The summed E-state index contributed by atoms with van der Waals surface area (Å²) in [6.45, 7) is 0. The lowest BCUT2D eigenvalue weighted by molar-refractivity contribution is -0.163. The highest BCUT2D eigenvalue weighted by Crippen LogP contribution is 2.49. The molecule has 0 aliphatic carbocycles. The second-order valence-corrected chi connectivity index (χ2v) is 7.15. The van der Waals surface area contributed by atoms with Gasteiger partial charge in [0.1, 0.15) is 28.6 Å². The minimum Gasteiger partial charge on any atom is -0.508 e. The predicted octanol–water partition coefficient (Wildman–Crippen LogP) is 2.13. The number of halogens is 1. The Morgan fingerprint density at radius 3 is 2.43 bits per heavy atom. The summed E-state index contributed by atoms with van der Waals surface area (Å²) in [5.74, 6) is -2.74. The number of carbonyl (C=O) groups is 1. The van der Waals surface area contributed by atoms with Crippen molar-refractivity contribution in [1.82, 2.24) is 5.06 Å². The zero-order valence-corrected chi connectivity index (χ0v) is 16.0. The van der Waals surface area contributed by atoms with Crippen molar-refractivity contribution in [2.75, 3.05) is 7.05 Å². The molecule has 2 aromatic carbocycles. The number of rotatable bonds is 3. The van der Waals surface area contributed by atoms with Crippen molar-refractivity contribution in [3.63, 3.8) is 0 Å². The van der Waals surface area contributed by atoms with Crippen LogP contribution in [0.4, 0.5) is 0 Å². The van der Waals surface area contributed by atoms with Gasteiger partial charge in [-0.15, -0.1) is 0 Å². The summed E-state index contributed by atoms with van der Waals surface area (Å²) in [5, 5.41) is 60.3. The highest BCUT2D eigenvalue weighted by Gasteiger charge is 2.41. The van der Waals surface area contributed by atoms with E-state index in [1.54, 1.807) is 0 Å². The van der Waals surface area contributed by atoms with Gasteiger partial charge in [-0.3, -0.25) is 10.0 Å². The number of hydrogen-bond donors (Lipinski definition) is 6. The van der Waals surface area contributed by atoms with Crippen molar-refractivity contribution in [2.24, 2.45) is 0 Å². The third kappa shape index (κ3) is 3.44. The first-order valence-electron chi connectivity index (χ1n) is 7.88. The summed E-state index contributed by atoms with van der Waals surface area (Å²) >= 11 is 3.08. The maximum absolute atomic E-state index is 12.0. The van der Waals surface area contributed by atoms with E-state index >= 15 is 0 Å². The first-order chi connectivity index (χ1) is 13.0. The minimum absolute atomic E-state index is 0.0237. The quantitative estimate of drug-likeness (QED) is 0.235. The number of hydrogen-bond acceptors (Lipinski definition) is 8. The molecule has 6 N–H and O–H groups in total. The van der Waals surface area contributed by atoms with E-state index in [0.717, 1.165) is 25.3 Å². The normalized spacial score (nSPS) is 18.1. The van der Waals surface area contributed by atoms with E-state index in [0.29, 0.717) is 5.06 Å². The largest absolute Gasteiger partial charge is 0.508 e. The van der Waals surface area contributed by atoms with Crippen molar-refractivity contribution in [1.29, 1.82) is 0 Å². The van der Waals surface area contributed by atoms with Crippen molar-refractivity contribution >= 4 is 27.6 Å². The molecule has 0 saturated carbocycles. The number of carbonyl (C=O) groups excluding carboxylic acids is 1.